The highest BCUT2D eigenvalue weighted by Crippen LogP contribution is 1.79. The van der Waals surface area contributed by atoms with E-state index in [9.17, 15) is 0 Å². The first-order valence-corrected chi connectivity index (χ1v) is 4.10. The minimum atomic E-state index is 0. The standard InChI is InChI=1S/C8H19NO2.ClH/c1-10-7-3-5-9-6-4-8-11-2;/h9H,3-8H2,1-2H3;1H. The van der Waals surface area contributed by atoms with Crippen LogP contribution in [0.3, 0.4) is 0 Å². The predicted molar refractivity (Wildman–Crippen MR) is 53.1 cm³/mol. The van der Waals surface area contributed by atoms with E-state index >= 15 is 0 Å². The first-order chi connectivity index (χ1) is 5.41. The number of nitrogens with one attached hydrogen (secondary N) is 1. The maximum atomic E-state index is 4.90. The Morgan fingerprint density at radius 1 is 0.917 bits per heavy atom. The first-order valence-electron chi connectivity index (χ1n) is 4.10. The van der Waals surface area contributed by atoms with Gasteiger partial charge in [0.2, 0.25) is 0 Å². The van der Waals surface area contributed by atoms with E-state index in [-0.39, 0.29) is 12.4 Å². The summed E-state index contributed by atoms with van der Waals surface area (Å²) >= 11 is 0. The molecule has 0 bridgehead atoms. The Kier molecular flexibility index (Phi) is 16.8. The lowest BCUT2D eigenvalue weighted by Gasteiger charge is -2.02. The van der Waals surface area contributed by atoms with E-state index in [1.807, 2.05) is 0 Å². The molecule has 0 radical (unpaired) electrons. The molecule has 0 aromatic heterocycles. The summed E-state index contributed by atoms with van der Waals surface area (Å²) in [5.74, 6) is 0. The van der Waals surface area contributed by atoms with Crippen molar-refractivity contribution in [2.75, 3.05) is 40.5 Å². The van der Waals surface area contributed by atoms with Crippen LogP contribution in [0.2, 0.25) is 0 Å². The van der Waals surface area contributed by atoms with Gasteiger partial charge in [-0.1, -0.05) is 0 Å². The van der Waals surface area contributed by atoms with Gasteiger partial charge >= 0.3 is 0 Å². The zero-order valence-electron chi connectivity index (χ0n) is 7.97. The van der Waals surface area contributed by atoms with Gasteiger partial charge in [0.25, 0.3) is 0 Å². The molecular weight excluding hydrogens is 178 g/mol. The molecule has 0 aliphatic carbocycles. The van der Waals surface area contributed by atoms with Gasteiger partial charge in [-0.3, -0.25) is 0 Å². The van der Waals surface area contributed by atoms with Crippen molar-refractivity contribution in [1.29, 1.82) is 0 Å². The second-order valence-electron chi connectivity index (χ2n) is 2.44. The minimum absolute atomic E-state index is 0. The number of halogens is 1. The molecule has 0 aromatic rings. The van der Waals surface area contributed by atoms with E-state index in [4.69, 9.17) is 9.47 Å². The summed E-state index contributed by atoms with van der Waals surface area (Å²) < 4.78 is 9.81. The van der Waals surface area contributed by atoms with Crippen LogP contribution in [-0.2, 0) is 9.47 Å². The third kappa shape index (κ3) is 12.8. The molecule has 0 unspecified atom stereocenters. The summed E-state index contributed by atoms with van der Waals surface area (Å²) in [5.41, 5.74) is 0. The van der Waals surface area contributed by atoms with E-state index in [2.05, 4.69) is 5.32 Å². The second-order valence-corrected chi connectivity index (χ2v) is 2.44. The fourth-order valence-electron chi connectivity index (χ4n) is 0.808. The van der Waals surface area contributed by atoms with Crippen LogP contribution in [0.15, 0.2) is 0 Å². The number of methoxy groups -OCH3 is 2. The number of hydrogen-bond donors (Lipinski definition) is 1. The molecule has 0 aliphatic rings. The monoisotopic (exact) mass is 197 g/mol. The van der Waals surface area contributed by atoms with Gasteiger partial charge in [-0.15, -0.1) is 12.4 Å². The molecule has 4 heteroatoms. The van der Waals surface area contributed by atoms with Crippen molar-refractivity contribution in [2.24, 2.45) is 0 Å². The number of rotatable bonds is 8. The van der Waals surface area contributed by atoms with Crippen LogP contribution < -0.4 is 5.32 Å². The van der Waals surface area contributed by atoms with Gasteiger partial charge in [0.05, 0.1) is 0 Å². The third-order valence-electron chi connectivity index (χ3n) is 1.40. The summed E-state index contributed by atoms with van der Waals surface area (Å²) in [6.45, 7) is 3.77. The number of hydrogen-bond acceptors (Lipinski definition) is 3. The third-order valence-corrected chi connectivity index (χ3v) is 1.40. The number of ether oxygens (including phenoxy) is 2. The van der Waals surface area contributed by atoms with Crippen molar-refractivity contribution in [2.45, 2.75) is 12.8 Å². The summed E-state index contributed by atoms with van der Waals surface area (Å²) in [6, 6.07) is 0. The molecule has 12 heavy (non-hydrogen) atoms. The van der Waals surface area contributed by atoms with Crippen molar-refractivity contribution in [3.63, 3.8) is 0 Å². The lowest BCUT2D eigenvalue weighted by molar-refractivity contribution is 0.188. The van der Waals surface area contributed by atoms with E-state index in [1.54, 1.807) is 14.2 Å². The molecule has 0 heterocycles. The Morgan fingerprint density at radius 2 is 1.33 bits per heavy atom. The summed E-state index contributed by atoms with van der Waals surface area (Å²) in [4.78, 5) is 0. The highest BCUT2D eigenvalue weighted by Gasteiger charge is 1.87. The molecule has 0 saturated carbocycles. The Hall–Kier alpha value is 0.170. The Labute approximate surface area is 81.2 Å². The van der Waals surface area contributed by atoms with Crippen molar-refractivity contribution in [3.8, 4) is 0 Å². The van der Waals surface area contributed by atoms with Gasteiger partial charge in [-0.05, 0) is 25.9 Å². The average Bonchev–Trinajstić information content (AvgIpc) is 2.03. The summed E-state index contributed by atoms with van der Waals surface area (Å²) in [5, 5.41) is 3.30. The lowest BCUT2D eigenvalue weighted by Crippen LogP contribution is -2.18. The van der Waals surface area contributed by atoms with Crippen LogP contribution in [0.4, 0.5) is 0 Å². The average molecular weight is 198 g/mol. The smallest absolute Gasteiger partial charge is 0.0474 e. The predicted octanol–water partition coefficient (Wildman–Crippen LogP) is 1.07. The van der Waals surface area contributed by atoms with Gasteiger partial charge in [-0.25, -0.2) is 0 Å². The summed E-state index contributed by atoms with van der Waals surface area (Å²) in [6.07, 6.45) is 2.17. The van der Waals surface area contributed by atoms with Crippen molar-refractivity contribution in [1.82, 2.24) is 5.32 Å². The van der Waals surface area contributed by atoms with Crippen LogP contribution in [0, 0.1) is 0 Å². The molecule has 0 amide bonds. The van der Waals surface area contributed by atoms with Gasteiger partial charge in [0, 0.05) is 27.4 Å². The SMILES string of the molecule is COCCCNCCCOC.Cl. The molecule has 0 atom stereocenters. The fraction of sp³-hybridized carbons (Fsp3) is 1.00. The Balaban J connectivity index is 0. The highest BCUT2D eigenvalue weighted by atomic mass is 35.5. The Bertz CT molecular complexity index is 66.1. The maximum absolute atomic E-state index is 4.90. The quantitative estimate of drug-likeness (QED) is 0.591. The first kappa shape index (κ1) is 14.7. The largest absolute Gasteiger partial charge is 0.385 e. The molecule has 0 spiro atoms. The molecule has 1 N–H and O–H groups in total. The zero-order chi connectivity index (χ0) is 8.36. The molecular formula is C8H20ClNO2. The normalized spacial score (nSPS) is 9.50. The van der Waals surface area contributed by atoms with Crippen LogP contribution in [0.1, 0.15) is 12.8 Å². The topological polar surface area (TPSA) is 30.5 Å². The lowest BCUT2D eigenvalue weighted by atomic mass is 10.4. The van der Waals surface area contributed by atoms with Crippen LogP contribution in [0.25, 0.3) is 0 Å². The van der Waals surface area contributed by atoms with E-state index in [1.165, 1.54) is 0 Å². The van der Waals surface area contributed by atoms with Crippen molar-refractivity contribution < 1.29 is 9.47 Å². The Morgan fingerprint density at radius 3 is 1.67 bits per heavy atom. The molecule has 76 valence electrons. The van der Waals surface area contributed by atoms with Crippen molar-refractivity contribution in [3.05, 3.63) is 0 Å². The van der Waals surface area contributed by atoms with E-state index < -0.39 is 0 Å². The molecule has 3 nitrogen and oxygen atoms in total. The molecule has 0 aromatic carbocycles. The zero-order valence-corrected chi connectivity index (χ0v) is 8.78. The van der Waals surface area contributed by atoms with E-state index in [0.29, 0.717) is 0 Å². The van der Waals surface area contributed by atoms with Gasteiger partial charge in [0.1, 0.15) is 0 Å². The molecule has 0 rings (SSSR count). The second kappa shape index (κ2) is 13.7. The van der Waals surface area contributed by atoms with Gasteiger partial charge in [0.15, 0.2) is 0 Å². The van der Waals surface area contributed by atoms with E-state index in [0.717, 1.165) is 39.1 Å². The highest BCUT2D eigenvalue weighted by molar-refractivity contribution is 5.85. The maximum Gasteiger partial charge on any atom is 0.0474 e. The van der Waals surface area contributed by atoms with Crippen LogP contribution >= 0.6 is 12.4 Å². The molecule has 0 aliphatic heterocycles. The summed E-state index contributed by atoms with van der Waals surface area (Å²) in [7, 11) is 3.45. The van der Waals surface area contributed by atoms with Crippen LogP contribution in [-0.4, -0.2) is 40.5 Å². The van der Waals surface area contributed by atoms with Gasteiger partial charge < -0.3 is 14.8 Å². The molecule has 0 saturated heterocycles. The fourth-order valence-corrected chi connectivity index (χ4v) is 0.808. The van der Waals surface area contributed by atoms with Crippen molar-refractivity contribution >= 4 is 12.4 Å². The van der Waals surface area contributed by atoms with Crippen LogP contribution in [0.5, 0.6) is 0 Å². The molecule has 0 fully saturated rings. The van der Waals surface area contributed by atoms with Gasteiger partial charge in [-0.2, -0.15) is 0 Å². The minimum Gasteiger partial charge on any atom is -0.385 e.